The van der Waals surface area contributed by atoms with Crippen LogP contribution >= 0.6 is 0 Å². The molecule has 1 unspecified atom stereocenters. The first kappa shape index (κ1) is 19.2. The molecule has 0 aromatic heterocycles. The minimum absolute atomic E-state index is 0.0176. The van der Waals surface area contributed by atoms with E-state index < -0.39 is 0 Å². The average molecular weight is 320 g/mol. The first-order valence-corrected chi connectivity index (χ1v) is 8.11. The molecule has 0 aliphatic carbocycles. The van der Waals surface area contributed by atoms with Crippen molar-refractivity contribution in [2.24, 2.45) is 11.3 Å². The lowest BCUT2D eigenvalue weighted by molar-refractivity contribution is -0.148. The van der Waals surface area contributed by atoms with E-state index in [2.05, 4.69) is 20.8 Å². The van der Waals surface area contributed by atoms with E-state index >= 15 is 0 Å². The molecule has 0 spiro atoms. The van der Waals surface area contributed by atoms with Crippen molar-refractivity contribution in [3.8, 4) is 0 Å². The number of rotatable bonds is 7. The van der Waals surface area contributed by atoms with Crippen LogP contribution in [0.1, 0.15) is 57.8 Å². The third-order valence-electron chi connectivity index (χ3n) is 3.28. The van der Waals surface area contributed by atoms with Gasteiger partial charge in [-0.05, 0) is 24.0 Å². The van der Waals surface area contributed by atoms with Crippen LogP contribution in [0, 0.1) is 11.3 Å². The quantitative estimate of drug-likeness (QED) is 0.705. The van der Waals surface area contributed by atoms with Gasteiger partial charge in [0.2, 0.25) is 0 Å². The van der Waals surface area contributed by atoms with Crippen molar-refractivity contribution >= 4 is 11.9 Å². The van der Waals surface area contributed by atoms with Crippen molar-refractivity contribution < 1.29 is 19.1 Å². The van der Waals surface area contributed by atoms with Crippen LogP contribution in [0.3, 0.4) is 0 Å². The van der Waals surface area contributed by atoms with Crippen molar-refractivity contribution in [3.63, 3.8) is 0 Å². The molecule has 0 bridgehead atoms. The van der Waals surface area contributed by atoms with Crippen molar-refractivity contribution in [2.75, 3.05) is 6.61 Å². The SMILES string of the molecule is CC(C)C(=O)OCCC(CC(C)(C)C)OC(=O)c1ccccc1. The summed E-state index contributed by atoms with van der Waals surface area (Å²) in [6.45, 7) is 10.1. The predicted molar refractivity (Wildman–Crippen MR) is 90.1 cm³/mol. The first-order chi connectivity index (χ1) is 10.7. The summed E-state index contributed by atoms with van der Waals surface area (Å²) in [5.74, 6) is -0.716. The molecule has 0 saturated carbocycles. The van der Waals surface area contributed by atoms with Crippen molar-refractivity contribution in [1.29, 1.82) is 0 Å². The Labute approximate surface area is 139 Å². The van der Waals surface area contributed by atoms with E-state index in [1.807, 2.05) is 6.07 Å². The maximum Gasteiger partial charge on any atom is 0.338 e. The van der Waals surface area contributed by atoms with E-state index in [1.165, 1.54) is 0 Å². The molecule has 0 aliphatic heterocycles. The van der Waals surface area contributed by atoms with Gasteiger partial charge in [0.15, 0.2) is 0 Å². The van der Waals surface area contributed by atoms with Gasteiger partial charge in [-0.15, -0.1) is 0 Å². The summed E-state index contributed by atoms with van der Waals surface area (Å²) >= 11 is 0. The topological polar surface area (TPSA) is 52.6 Å². The molecule has 0 N–H and O–H groups in total. The molecule has 0 saturated heterocycles. The molecule has 23 heavy (non-hydrogen) atoms. The highest BCUT2D eigenvalue weighted by Gasteiger charge is 2.23. The molecule has 1 aromatic rings. The molecule has 0 fully saturated rings. The van der Waals surface area contributed by atoms with Gasteiger partial charge in [0, 0.05) is 6.42 Å². The van der Waals surface area contributed by atoms with Gasteiger partial charge in [-0.1, -0.05) is 52.8 Å². The minimum Gasteiger partial charge on any atom is -0.465 e. The number of ether oxygens (including phenoxy) is 2. The second-order valence-corrected chi connectivity index (χ2v) is 7.27. The van der Waals surface area contributed by atoms with Gasteiger partial charge in [0.1, 0.15) is 6.10 Å². The predicted octanol–water partition coefficient (Wildman–Crippen LogP) is 4.24. The molecule has 0 amide bonds. The van der Waals surface area contributed by atoms with E-state index in [0.29, 0.717) is 18.4 Å². The minimum atomic E-state index is -0.338. The number of benzene rings is 1. The van der Waals surface area contributed by atoms with Crippen LogP contribution < -0.4 is 0 Å². The van der Waals surface area contributed by atoms with Crippen LogP contribution in [0.5, 0.6) is 0 Å². The fourth-order valence-electron chi connectivity index (χ4n) is 2.14. The summed E-state index contributed by atoms with van der Waals surface area (Å²) in [7, 11) is 0. The molecule has 4 nitrogen and oxygen atoms in total. The van der Waals surface area contributed by atoms with Gasteiger partial charge in [-0.25, -0.2) is 4.79 Å². The first-order valence-electron chi connectivity index (χ1n) is 8.11. The zero-order valence-corrected chi connectivity index (χ0v) is 14.8. The number of hydrogen-bond acceptors (Lipinski definition) is 4. The Morgan fingerprint density at radius 3 is 2.22 bits per heavy atom. The zero-order valence-electron chi connectivity index (χ0n) is 14.8. The number of carbonyl (C=O) groups excluding carboxylic acids is 2. The van der Waals surface area contributed by atoms with Crippen LogP contribution in [-0.4, -0.2) is 24.6 Å². The third-order valence-corrected chi connectivity index (χ3v) is 3.28. The second-order valence-electron chi connectivity index (χ2n) is 7.27. The summed E-state index contributed by atoms with van der Waals surface area (Å²) in [5.41, 5.74) is 0.550. The number of hydrogen-bond donors (Lipinski definition) is 0. The summed E-state index contributed by atoms with van der Waals surface area (Å²) in [6, 6.07) is 8.93. The summed E-state index contributed by atoms with van der Waals surface area (Å²) < 4.78 is 10.8. The van der Waals surface area contributed by atoms with Crippen LogP contribution in [0.15, 0.2) is 30.3 Å². The highest BCUT2D eigenvalue weighted by Crippen LogP contribution is 2.25. The van der Waals surface area contributed by atoms with E-state index in [1.54, 1.807) is 38.1 Å². The molecular formula is C19H28O4. The molecule has 1 atom stereocenters. The van der Waals surface area contributed by atoms with Gasteiger partial charge < -0.3 is 9.47 Å². The fraction of sp³-hybridized carbons (Fsp3) is 0.579. The summed E-state index contributed by atoms with van der Waals surface area (Å²) in [5, 5.41) is 0. The molecule has 128 valence electrons. The standard InChI is InChI=1S/C19H28O4/c1-14(2)17(20)22-12-11-16(13-19(3,4)5)23-18(21)15-9-7-6-8-10-15/h6-10,14,16H,11-13H2,1-5H3. The van der Waals surface area contributed by atoms with Gasteiger partial charge >= 0.3 is 11.9 Å². The van der Waals surface area contributed by atoms with Gasteiger partial charge in [0.25, 0.3) is 0 Å². The largest absolute Gasteiger partial charge is 0.465 e. The van der Waals surface area contributed by atoms with Gasteiger partial charge in [-0.2, -0.15) is 0 Å². The molecule has 0 heterocycles. The fourth-order valence-corrected chi connectivity index (χ4v) is 2.14. The lowest BCUT2D eigenvalue weighted by atomic mass is 9.88. The zero-order chi connectivity index (χ0) is 17.5. The molecular weight excluding hydrogens is 292 g/mol. The van der Waals surface area contributed by atoms with E-state index in [9.17, 15) is 9.59 Å². The van der Waals surface area contributed by atoms with Crippen LogP contribution in [0.2, 0.25) is 0 Å². The van der Waals surface area contributed by atoms with Crippen molar-refractivity contribution in [3.05, 3.63) is 35.9 Å². The number of esters is 2. The number of carbonyl (C=O) groups is 2. The Hall–Kier alpha value is -1.84. The van der Waals surface area contributed by atoms with Gasteiger partial charge in [-0.3, -0.25) is 4.79 Å². The molecule has 1 rings (SSSR count). The third kappa shape index (κ3) is 7.82. The van der Waals surface area contributed by atoms with Crippen molar-refractivity contribution in [1.82, 2.24) is 0 Å². The van der Waals surface area contributed by atoms with E-state index in [-0.39, 0.29) is 36.0 Å². The summed E-state index contributed by atoms with van der Waals surface area (Å²) in [4.78, 5) is 23.7. The van der Waals surface area contributed by atoms with Crippen LogP contribution in [0.4, 0.5) is 0 Å². The monoisotopic (exact) mass is 320 g/mol. The molecule has 1 aromatic carbocycles. The molecule has 4 heteroatoms. The molecule has 0 radical (unpaired) electrons. The molecule has 0 aliphatic rings. The van der Waals surface area contributed by atoms with E-state index in [4.69, 9.17) is 9.47 Å². The lowest BCUT2D eigenvalue weighted by Gasteiger charge is -2.26. The Balaban J connectivity index is 2.62. The normalized spacial score (nSPS) is 12.8. The smallest absolute Gasteiger partial charge is 0.338 e. The Morgan fingerprint density at radius 2 is 1.70 bits per heavy atom. The Kier molecular flexibility index (Phi) is 7.27. The van der Waals surface area contributed by atoms with Gasteiger partial charge in [0.05, 0.1) is 18.1 Å². The highest BCUT2D eigenvalue weighted by molar-refractivity contribution is 5.89. The average Bonchev–Trinajstić information content (AvgIpc) is 2.46. The summed E-state index contributed by atoms with van der Waals surface area (Å²) in [6.07, 6.45) is 0.946. The van der Waals surface area contributed by atoms with Crippen LogP contribution in [0.25, 0.3) is 0 Å². The Bertz CT molecular complexity index is 500. The van der Waals surface area contributed by atoms with Crippen molar-refractivity contribution in [2.45, 2.75) is 53.6 Å². The second kappa shape index (κ2) is 8.70. The maximum atomic E-state index is 12.2. The lowest BCUT2D eigenvalue weighted by Crippen LogP contribution is -2.26. The van der Waals surface area contributed by atoms with Crippen LogP contribution in [-0.2, 0) is 14.3 Å². The van der Waals surface area contributed by atoms with E-state index in [0.717, 1.165) is 0 Å². The Morgan fingerprint density at radius 1 is 1.09 bits per heavy atom. The maximum absolute atomic E-state index is 12.2. The highest BCUT2D eigenvalue weighted by atomic mass is 16.6.